The van der Waals surface area contributed by atoms with Crippen LogP contribution in [0, 0.1) is 0 Å². The largest absolute Gasteiger partial charge is 0.472 e. The summed E-state index contributed by atoms with van der Waals surface area (Å²) in [5.74, 6) is -0.799. The molecule has 1 N–H and O–H groups in total. The van der Waals surface area contributed by atoms with E-state index in [4.69, 9.17) is 18.5 Å². The average molecular weight is 1190 g/mol. The van der Waals surface area contributed by atoms with Crippen molar-refractivity contribution in [3.05, 3.63) is 122 Å². The second-order valence-electron chi connectivity index (χ2n) is 23.8. The van der Waals surface area contributed by atoms with E-state index in [1.54, 1.807) is 0 Å². The van der Waals surface area contributed by atoms with Gasteiger partial charge in [0.15, 0.2) is 6.10 Å². The Morgan fingerprint density at radius 3 is 0.952 bits per heavy atom. The van der Waals surface area contributed by atoms with Crippen LogP contribution in [0.4, 0.5) is 0 Å². The molecule has 9 nitrogen and oxygen atoms in total. The van der Waals surface area contributed by atoms with Gasteiger partial charge in [0.2, 0.25) is 0 Å². The van der Waals surface area contributed by atoms with E-state index in [1.165, 1.54) is 148 Å². The van der Waals surface area contributed by atoms with E-state index in [0.29, 0.717) is 17.4 Å². The first-order chi connectivity index (χ1) is 41.0. The molecule has 2 atom stereocenters. The van der Waals surface area contributed by atoms with Gasteiger partial charge in [-0.2, -0.15) is 0 Å². The van der Waals surface area contributed by atoms with Crippen molar-refractivity contribution in [2.45, 2.75) is 290 Å². The lowest BCUT2D eigenvalue weighted by molar-refractivity contribution is -0.870. The van der Waals surface area contributed by atoms with E-state index < -0.39 is 26.5 Å². The lowest BCUT2D eigenvalue weighted by Gasteiger charge is -2.24. The van der Waals surface area contributed by atoms with Crippen LogP contribution in [0.25, 0.3) is 0 Å². The summed E-state index contributed by atoms with van der Waals surface area (Å²) in [5.41, 5.74) is 0. The molecule has 0 aromatic heterocycles. The smallest absolute Gasteiger partial charge is 0.462 e. The van der Waals surface area contributed by atoms with Crippen LogP contribution in [0.2, 0.25) is 0 Å². The number of quaternary nitrogens is 1. The molecule has 482 valence electrons. The Morgan fingerprint density at radius 2 is 0.643 bits per heavy atom. The van der Waals surface area contributed by atoms with Gasteiger partial charge in [-0.15, -0.1) is 0 Å². The van der Waals surface area contributed by atoms with Crippen molar-refractivity contribution in [2.75, 3.05) is 47.5 Å². The molecular formula is C74H129NO8P+. The Morgan fingerprint density at radius 1 is 0.369 bits per heavy atom. The standard InChI is InChI=1S/C74H128NO8P/c1-6-8-10-12-14-16-18-20-22-24-26-28-30-31-32-33-34-35-36-37-38-39-40-41-42-43-45-47-49-51-53-55-57-59-61-63-65-67-74(77)83-72(71-82-84(78,79)81-69-68-75(3,4)5)70-80-73(76)66-64-62-60-58-56-54-52-50-48-46-44-29-27-25-23-21-19-17-15-13-11-9-7-2/h8-11,14-17,20-23,26-29,31-32,34-35,72H,6-7,12-13,18-19,24-25,30,33,36-71H2,1-5H3/p+1/b10-8-,11-9-,16-14-,17-15-,22-20-,23-21-,28-26-,29-27-,32-31-,35-34-. The van der Waals surface area contributed by atoms with E-state index in [-0.39, 0.29) is 32.0 Å². The normalized spacial score (nSPS) is 13.9. The number of esters is 2. The van der Waals surface area contributed by atoms with Crippen molar-refractivity contribution in [3.63, 3.8) is 0 Å². The van der Waals surface area contributed by atoms with Crippen molar-refractivity contribution in [1.29, 1.82) is 0 Å². The molecular weight excluding hydrogens is 1060 g/mol. The molecule has 0 spiro atoms. The molecule has 0 rings (SSSR count). The fourth-order valence-corrected chi connectivity index (χ4v) is 10.0. The highest BCUT2D eigenvalue weighted by Crippen LogP contribution is 2.43. The highest BCUT2D eigenvalue weighted by atomic mass is 31.2. The van der Waals surface area contributed by atoms with Crippen molar-refractivity contribution in [3.8, 4) is 0 Å². The predicted octanol–water partition coefficient (Wildman–Crippen LogP) is 22.3. The zero-order chi connectivity index (χ0) is 61.2. The maximum atomic E-state index is 12.9. The van der Waals surface area contributed by atoms with Crippen LogP contribution in [-0.4, -0.2) is 74.9 Å². The van der Waals surface area contributed by atoms with Gasteiger partial charge in [0, 0.05) is 12.8 Å². The number of ether oxygens (including phenoxy) is 2. The topological polar surface area (TPSA) is 108 Å². The third-order valence-electron chi connectivity index (χ3n) is 14.5. The monoisotopic (exact) mass is 1190 g/mol. The number of likely N-dealkylation sites (N-methyl/N-ethyl adjacent to an activating group) is 1. The first-order valence-electron chi connectivity index (χ1n) is 34.3. The second kappa shape index (κ2) is 63.9. The highest BCUT2D eigenvalue weighted by Gasteiger charge is 2.27. The molecule has 0 aromatic rings. The molecule has 0 saturated carbocycles. The van der Waals surface area contributed by atoms with Gasteiger partial charge in [0.05, 0.1) is 27.7 Å². The van der Waals surface area contributed by atoms with Crippen LogP contribution >= 0.6 is 7.82 Å². The highest BCUT2D eigenvalue weighted by molar-refractivity contribution is 7.47. The fraction of sp³-hybridized carbons (Fsp3) is 0.703. The van der Waals surface area contributed by atoms with Crippen LogP contribution in [0.5, 0.6) is 0 Å². The molecule has 10 heteroatoms. The van der Waals surface area contributed by atoms with Crippen molar-refractivity contribution < 1.29 is 42.1 Å². The maximum Gasteiger partial charge on any atom is 0.472 e. The van der Waals surface area contributed by atoms with Crippen molar-refractivity contribution in [1.82, 2.24) is 0 Å². The molecule has 0 aliphatic carbocycles. The molecule has 0 amide bonds. The minimum absolute atomic E-state index is 0.0273. The Hall–Kier alpha value is -3.59. The molecule has 0 aliphatic heterocycles. The van der Waals surface area contributed by atoms with Gasteiger partial charge < -0.3 is 18.9 Å². The molecule has 0 bridgehead atoms. The summed E-state index contributed by atoms with van der Waals surface area (Å²) in [5, 5.41) is 0. The SMILES string of the molecule is CC/C=C\C/C=C\C/C=C\C/C=C\C/C=C\C/C=C\CCCCCCCCCCCCCCCCCCCCC(=O)OC(COC(=O)CCCCCCCCCCCC/C=C\C/C=C\C/C=C\C/C=C\CC)COP(=O)(O)OCC[N+](C)(C)C. The van der Waals surface area contributed by atoms with E-state index in [9.17, 15) is 19.0 Å². The molecule has 0 aliphatic rings. The van der Waals surface area contributed by atoms with Crippen LogP contribution in [0.15, 0.2) is 122 Å². The van der Waals surface area contributed by atoms with Crippen LogP contribution in [0.3, 0.4) is 0 Å². The van der Waals surface area contributed by atoms with E-state index in [1.807, 2.05) is 21.1 Å². The Balaban J connectivity index is 4.03. The zero-order valence-electron chi connectivity index (χ0n) is 54.9. The van der Waals surface area contributed by atoms with E-state index >= 15 is 0 Å². The maximum absolute atomic E-state index is 12.9. The Kier molecular flexibility index (Phi) is 61.2. The number of hydrogen-bond donors (Lipinski definition) is 1. The molecule has 0 heterocycles. The molecule has 2 unspecified atom stereocenters. The Labute approximate surface area is 518 Å². The summed E-state index contributed by atoms with van der Waals surface area (Å²) in [7, 11) is 1.47. The third kappa shape index (κ3) is 67.5. The lowest BCUT2D eigenvalue weighted by atomic mass is 10.0. The van der Waals surface area contributed by atoms with Crippen molar-refractivity contribution in [2.24, 2.45) is 0 Å². The van der Waals surface area contributed by atoms with Crippen LogP contribution in [-0.2, 0) is 32.7 Å². The molecule has 84 heavy (non-hydrogen) atoms. The van der Waals surface area contributed by atoms with E-state index in [2.05, 4.69) is 135 Å². The summed E-state index contributed by atoms with van der Waals surface area (Å²) < 4.78 is 34.7. The third-order valence-corrected chi connectivity index (χ3v) is 15.5. The number of hydrogen-bond acceptors (Lipinski definition) is 7. The number of nitrogens with zero attached hydrogens (tertiary/aromatic N) is 1. The van der Waals surface area contributed by atoms with Gasteiger partial charge in [-0.25, -0.2) is 4.57 Å². The number of phosphoric ester groups is 1. The summed E-state index contributed by atoms with van der Waals surface area (Å²) in [4.78, 5) is 35.8. The number of carbonyl (C=O) groups excluding carboxylic acids is 2. The van der Waals surface area contributed by atoms with Crippen LogP contribution < -0.4 is 0 Å². The molecule has 0 saturated heterocycles. The summed E-state index contributed by atoms with van der Waals surface area (Å²) in [6.45, 7) is 4.22. The molecule has 0 radical (unpaired) electrons. The quantitative estimate of drug-likeness (QED) is 0.0211. The average Bonchev–Trinajstić information content (AvgIpc) is 3.61. The number of allylic oxidation sites excluding steroid dienone is 20. The van der Waals surface area contributed by atoms with Gasteiger partial charge in [-0.3, -0.25) is 18.6 Å². The number of unbranched alkanes of at least 4 members (excludes halogenated alkanes) is 28. The second-order valence-corrected chi connectivity index (χ2v) is 25.3. The van der Waals surface area contributed by atoms with E-state index in [0.717, 1.165) is 103 Å². The summed E-state index contributed by atoms with van der Waals surface area (Å²) in [6, 6.07) is 0. The van der Waals surface area contributed by atoms with Gasteiger partial charge in [0.25, 0.3) is 0 Å². The van der Waals surface area contributed by atoms with Gasteiger partial charge in [-0.1, -0.05) is 289 Å². The lowest BCUT2D eigenvalue weighted by Crippen LogP contribution is -2.37. The first kappa shape index (κ1) is 80.4. The zero-order valence-corrected chi connectivity index (χ0v) is 55.7. The number of phosphoric acid groups is 1. The number of rotatable bonds is 62. The number of carbonyl (C=O) groups is 2. The minimum atomic E-state index is -4.40. The minimum Gasteiger partial charge on any atom is -0.462 e. The Bertz CT molecular complexity index is 1830. The summed E-state index contributed by atoms with van der Waals surface area (Å²) in [6.07, 6.45) is 91.5. The first-order valence-corrected chi connectivity index (χ1v) is 35.8. The van der Waals surface area contributed by atoms with Gasteiger partial charge in [0.1, 0.15) is 19.8 Å². The van der Waals surface area contributed by atoms with Gasteiger partial charge >= 0.3 is 19.8 Å². The predicted molar refractivity (Wildman–Crippen MR) is 362 cm³/mol. The fourth-order valence-electron chi connectivity index (χ4n) is 9.31. The molecule has 0 fully saturated rings. The van der Waals surface area contributed by atoms with Crippen molar-refractivity contribution >= 4 is 19.8 Å². The summed E-state index contributed by atoms with van der Waals surface area (Å²) >= 11 is 0. The van der Waals surface area contributed by atoms with Gasteiger partial charge in [-0.05, 0) is 103 Å². The molecule has 0 aromatic carbocycles. The van der Waals surface area contributed by atoms with Crippen LogP contribution in [0.1, 0.15) is 284 Å².